The minimum Gasteiger partial charge on any atom is -0.383 e. The fourth-order valence-electron chi connectivity index (χ4n) is 1.53. The summed E-state index contributed by atoms with van der Waals surface area (Å²) in [5.74, 6) is 0.529. The highest BCUT2D eigenvalue weighted by molar-refractivity contribution is 9.10. The molecule has 0 saturated carbocycles. The molecule has 0 N–H and O–H groups in total. The number of rotatable bonds is 9. The van der Waals surface area contributed by atoms with Crippen molar-refractivity contribution in [1.29, 1.82) is 0 Å². The number of carbonyl (C=O) groups is 1. The highest BCUT2D eigenvalue weighted by Gasteiger charge is 2.13. The molecule has 1 aromatic rings. The lowest BCUT2D eigenvalue weighted by Crippen LogP contribution is -2.37. The van der Waals surface area contributed by atoms with Crippen molar-refractivity contribution in [2.45, 2.75) is 4.90 Å². The molecule has 0 bridgehead atoms. The molecule has 0 atom stereocenters. The van der Waals surface area contributed by atoms with E-state index in [9.17, 15) is 4.79 Å². The fraction of sp³-hybridized carbons (Fsp3) is 0.500. The maximum atomic E-state index is 12.2. The van der Waals surface area contributed by atoms with Gasteiger partial charge in [-0.15, -0.1) is 11.8 Å². The van der Waals surface area contributed by atoms with Gasteiger partial charge in [0.1, 0.15) is 0 Å². The van der Waals surface area contributed by atoms with Crippen molar-refractivity contribution >= 4 is 33.6 Å². The van der Waals surface area contributed by atoms with Gasteiger partial charge in [-0.2, -0.15) is 0 Å². The van der Waals surface area contributed by atoms with Gasteiger partial charge in [0, 0.05) is 36.7 Å². The third-order valence-electron chi connectivity index (χ3n) is 2.66. The van der Waals surface area contributed by atoms with Crippen LogP contribution in [0.15, 0.2) is 33.6 Å². The van der Waals surface area contributed by atoms with Crippen LogP contribution in [0.3, 0.4) is 0 Å². The second kappa shape index (κ2) is 10.2. The Balaban J connectivity index is 2.45. The van der Waals surface area contributed by atoms with Crippen molar-refractivity contribution in [1.82, 2.24) is 4.90 Å². The minimum absolute atomic E-state index is 0.104. The lowest BCUT2D eigenvalue weighted by atomic mass is 10.4. The summed E-state index contributed by atoms with van der Waals surface area (Å²) in [6.07, 6.45) is 0. The zero-order valence-corrected chi connectivity index (χ0v) is 14.2. The van der Waals surface area contributed by atoms with Gasteiger partial charge in [-0.25, -0.2) is 0 Å². The molecule has 0 unspecified atom stereocenters. The largest absolute Gasteiger partial charge is 0.383 e. The van der Waals surface area contributed by atoms with Crippen molar-refractivity contribution in [2.24, 2.45) is 0 Å². The Kier molecular flexibility index (Phi) is 8.93. The summed E-state index contributed by atoms with van der Waals surface area (Å²) in [5, 5.41) is 0. The predicted octanol–water partition coefficient (Wildman–Crippen LogP) is 2.66. The molecule has 0 spiro atoms. The van der Waals surface area contributed by atoms with E-state index in [4.69, 9.17) is 9.47 Å². The number of carbonyl (C=O) groups excluding carboxylic acids is 1. The van der Waals surface area contributed by atoms with E-state index in [0.717, 1.165) is 9.37 Å². The number of methoxy groups -OCH3 is 2. The molecule has 112 valence electrons. The van der Waals surface area contributed by atoms with Gasteiger partial charge in [0.05, 0.1) is 19.0 Å². The average molecular weight is 362 g/mol. The first-order valence-corrected chi connectivity index (χ1v) is 8.09. The average Bonchev–Trinajstić information content (AvgIpc) is 2.46. The molecule has 0 fully saturated rings. The lowest BCUT2D eigenvalue weighted by molar-refractivity contribution is -0.129. The summed E-state index contributed by atoms with van der Waals surface area (Å²) in [6.45, 7) is 2.27. The Morgan fingerprint density at radius 1 is 1.15 bits per heavy atom. The van der Waals surface area contributed by atoms with Gasteiger partial charge in [-0.1, -0.05) is 15.9 Å². The molecule has 0 radical (unpaired) electrons. The van der Waals surface area contributed by atoms with Gasteiger partial charge < -0.3 is 14.4 Å². The van der Waals surface area contributed by atoms with E-state index >= 15 is 0 Å². The van der Waals surface area contributed by atoms with E-state index < -0.39 is 0 Å². The number of benzene rings is 1. The van der Waals surface area contributed by atoms with Crippen LogP contribution < -0.4 is 0 Å². The Hall–Kier alpha value is -0.560. The molecule has 0 heterocycles. The zero-order chi connectivity index (χ0) is 14.8. The van der Waals surface area contributed by atoms with Gasteiger partial charge >= 0.3 is 0 Å². The number of ether oxygens (including phenoxy) is 2. The molecule has 4 nitrogen and oxygen atoms in total. The maximum Gasteiger partial charge on any atom is 0.233 e. The van der Waals surface area contributed by atoms with E-state index in [-0.39, 0.29) is 5.91 Å². The molecule has 6 heteroatoms. The maximum absolute atomic E-state index is 12.2. The van der Waals surface area contributed by atoms with Crippen LogP contribution in [-0.4, -0.2) is 57.1 Å². The summed E-state index contributed by atoms with van der Waals surface area (Å²) in [5.41, 5.74) is 0. The minimum atomic E-state index is 0.104. The number of amides is 1. The normalized spacial score (nSPS) is 10.6. The summed E-state index contributed by atoms with van der Waals surface area (Å²) < 4.78 is 11.1. The van der Waals surface area contributed by atoms with Crippen molar-refractivity contribution in [3.63, 3.8) is 0 Å². The molecule has 1 aromatic carbocycles. The molecular formula is C14H20BrNO3S. The van der Waals surface area contributed by atoms with Crippen LogP contribution in [-0.2, 0) is 14.3 Å². The SMILES string of the molecule is COCCN(CCOC)C(=O)CSc1ccc(Br)cc1. The first kappa shape index (κ1) is 17.5. The van der Waals surface area contributed by atoms with Gasteiger partial charge in [-0.05, 0) is 24.3 Å². The predicted molar refractivity (Wildman–Crippen MR) is 85.2 cm³/mol. The van der Waals surface area contributed by atoms with Crippen molar-refractivity contribution in [3.8, 4) is 0 Å². The number of hydrogen-bond donors (Lipinski definition) is 0. The van der Waals surface area contributed by atoms with Crippen molar-refractivity contribution < 1.29 is 14.3 Å². The molecule has 0 aliphatic rings. The summed E-state index contributed by atoms with van der Waals surface area (Å²) in [6, 6.07) is 7.94. The number of thioether (sulfide) groups is 1. The van der Waals surface area contributed by atoms with Crippen LogP contribution in [0, 0.1) is 0 Å². The Bertz CT molecular complexity index is 392. The number of hydrogen-bond acceptors (Lipinski definition) is 4. The van der Waals surface area contributed by atoms with Gasteiger partial charge in [0.2, 0.25) is 5.91 Å². The van der Waals surface area contributed by atoms with E-state index in [0.29, 0.717) is 32.1 Å². The molecule has 1 amide bonds. The van der Waals surface area contributed by atoms with Crippen LogP contribution in [0.4, 0.5) is 0 Å². The van der Waals surface area contributed by atoms with Gasteiger partial charge in [0.15, 0.2) is 0 Å². The Labute approximate surface area is 132 Å². The Morgan fingerprint density at radius 2 is 1.70 bits per heavy atom. The molecular weight excluding hydrogens is 342 g/mol. The van der Waals surface area contributed by atoms with E-state index in [1.54, 1.807) is 19.1 Å². The standard InChI is InChI=1S/C14H20BrNO3S/c1-18-9-7-16(8-10-19-2)14(17)11-20-13-5-3-12(15)4-6-13/h3-6H,7-11H2,1-2H3. The second-order valence-corrected chi connectivity index (χ2v) is 6.07. The van der Waals surface area contributed by atoms with Gasteiger partial charge in [0.25, 0.3) is 0 Å². The van der Waals surface area contributed by atoms with Crippen molar-refractivity contribution in [3.05, 3.63) is 28.7 Å². The zero-order valence-electron chi connectivity index (χ0n) is 11.8. The smallest absolute Gasteiger partial charge is 0.233 e. The third-order valence-corrected chi connectivity index (χ3v) is 4.18. The topological polar surface area (TPSA) is 38.8 Å². The molecule has 0 aliphatic heterocycles. The van der Waals surface area contributed by atoms with Crippen LogP contribution in [0.25, 0.3) is 0 Å². The number of nitrogens with zero attached hydrogens (tertiary/aromatic N) is 1. The molecule has 1 rings (SSSR count). The van der Waals surface area contributed by atoms with E-state index in [2.05, 4.69) is 15.9 Å². The van der Waals surface area contributed by atoms with E-state index in [1.807, 2.05) is 24.3 Å². The fourth-order valence-corrected chi connectivity index (χ4v) is 2.60. The Morgan fingerprint density at radius 3 is 2.20 bits per heavy atom. The highest BCUT2D eigenvalue weighted by atomic mass is 79.9. The van der Waals surface area contributed by atoms with E-state index in [1.165, 1.54) is 11.8 Å². The van der Waals surface area contributed by atoms with Crippen LogP contribution in [0.5, 0.6) is 0 Å². The monoisotopic (exact) mass is 361 g/mol. The van der Waals surface area contributed by atoms with Gasteiger partial charge in [-0.3, -0.25) is 4.79 Å². The summed E-state index contributed by atoms with van der Waals surface area (Å²) in [7, 11) is 3.27. The third kappa shape index (κ3) is 6.74. The number of halogens is 1. The first-order chi connectivity index (χ1) is 9.67. The second-order valence-electron chi connectivity index (χ2n) is 4.11. The quantitative estimate of drug-likeness (QED) is 0.633. The lowest BCUT2D eigenvalue weighted by Gasteiger charge is -2.21. The van der Waals surface area contributed by atoms with Crippen LogP contribution in [0.2, 0.25) is 0 Å². The van der Waals surface area contributed by atoms with Crippen molar-refractivity contribution in [2.75, 3.05) is 46.3 Å². The highest BCUT2D eigenvalue weighted by Crippen LogP contribution is 2.20. The first-order valence-electron chi connectivity index (χ1n) is 6.31. The molecule has 0 saturated heterocycles. The molecule has 0 aliphatic carbocycles. The summed E-state index contributed by atoms with van der Waals surface area (Å²) in [4.78, 5) is 15.0. The summed E-state index contributed by atoms with van der Waals surface area (Å²) >= 11 is 4.93. The molecule has 20 heavy (non-hydrogen) atoms. The van der Waals surface area contributed by atoms with Crippen LogP contribution in [0.1, 0.15) is 0 Å². The molecule has 0 aromatic heterocycles. The van der Waals surface area contributed by atoms with Crippen LogP contribution >= 0.6 is 27.7 Å².